The molecule has 0 aliphatic heterocycles. The predicted octanol–water partition coefficient (Wildman–Crippen LogP) is 2.00. The molecular formula is C13H20N4. The third-order valence-electron chi connectivity index (χ3n) is 3.15. The first-order valence-corrected chi connectivity index (χ1v) is 5.85. The highest BCUT2D eigenvalue weighted by Gasteiger charge is 2.17. The molecule has 0 aliphatic rings. The second kappa shape index (κ2) is 4.37. The molecule has 0 fully saturated rings. The van der Waals surface area contributed by atoms with Gasteiger partial charge in [-0.25, -0.2) is 4.98 Å². The summed E-state index contributed by atoms with van der Waals surface area (Å²) in [4.78, 5) is 9.61. The average Bonchev–Trinajstić information content (AvgIpc) is 2.75. The van der Waals surface area contributed by atoms with E-state index in [1.165, 1.54) is 5.69 Å². The van der Waals surface area contributed by atoms with Crippen LogP contribution < -0.4 is 10.2 Å². The number of benzene rings is 1. The number of aromatic nitrogens is 2. The molecule has 17 heavy (non-hydrogen) atoms. The summed E-state index contributed by atoms with van der Waals surface area (Å²) in [6.07, 6.45) is 1.73. The predicted molar refractivity (Wildman–Crippen MR) is 72.5 cm³/mol. The number of anilines is 1. The molecule has 1 aromatic carbocycles. The first-order chi connectivity index (χ1) is 8.02. The van der Waals surface area contributed by atoms with Gasteiger partial charge in [-0.2, -0.15) is 0 Å². The number of imidazole rings is 1. The Morgan fingerprint density at radius 3 is 2.88 bits per heavy atom. The van der Waals surface area contributed by atoms with E-state index in [1.54, 1.807) is 6.33 Å². The molecule has 0 radical (unpaired) electrons. The summed E-state index contributed by atoms with van der Waals surface area (Å²) in [6.45, 7) is 5.33. The van der Waals surface area contributed by atoms with Crippen molar-refractivity contribution in [1.29, 1.82) is 0 Å². The molecule has 0 bridgehead atoms. The molecular weight excluding hydrogens is 212 g/mol. The second-order valence-corrected chi connectivity index (χ2v) is 5.09. The van der Waals surface area contributed by atoms with E-state index >= 15 is 0 Å². The van der Waals surface area contributed by atoms with Gasteiger partial charge in [-0.1, -0.05) is 0 Å². The number of likely N-dealkylation sites (N-methyl/N-ethyl adjacent to an activating group) is 2. The normalized spacial score (nSPS) is 12.0. The van der Waals surface area contributed by atoms with Crippen LogP contribution in [-0.2, 0) is 0 Å². The minimum absolute atomic E-state index is 0.0949. The van der Waals surface area contributed by atoms with Gasteiger partial charge in [0.15, 0.2) is 0 Å². The molecule has 2 rings (SSSR count). The van der Waals surface area contributed by atoms with Crippen molar-refractivity contribution in [3.8, 4) is 0 Å². The number of aromatic amines is 1. The first kappa shape index (κ1) is 11.9. The summed E-state index contributed by atoms with van der Waals surface area (Å²) in [5.74, 6) is 0. The average molecular weight is 232 g/mol. The Morgan fingerprint density at radius 1 is 1.41 bits per heavy atom. The molecule has 0 atom stereocenters. The Balaban J connectivity index is 2.21. The molecule has 1 aromatic heterocycles. The van der Waals surface area contributed by atoms with Crippen LogP contribution in [0.25, 0.3) is 11.0 Å². The Bertz CT molecular complexity index is 501. The first-order valence-electron chi connectivity index (χ1n) is 5.85. The van der Waals surface area contributed by atoms with Crippen LogP contribution in [-0.4, -0.2) is 36.1 Å². The van der Waals surface area contributed by atoms with Crippen LogP contribution in [0.2, 0.25) is 0 Å². The zero-order valence-electron chi connectivity index (χ0n) is 10.9. The number of H-pyrrole nitrogens is 1. The van der Waals surface area contributed by atoms with E-state index in [0.29, 0.717) is 0 Å². The highest BCUT2D eigenvalue weighted by Crippen LogP contribution is 2.20. The Labute approximate surface area is 102 Å². The van der Waals surface area contributed by atoms with Gasteiger partial charge >= 0.3 is 0 Å². The molecule has 0 spiro atoms. The molecule has 1 heterocycles. The number of nitrogens with one attached hydrogen (secondary N) is 2. The van der Waals surface area contributed by atoms with Crippen LogP contribution in [0.15, 0.2) is 24.5 Å². The van der Waals surface area contributed by atoms with Gasteiger partial charge < -0.3 is 15.2 Å². The molecule has 4 nitrogen and oxygen atoms in total. The van der Waals surface area contributed by atoms with Crippen molar-refractivity contribution in [2.45, 2.75) is 19.4 Å². The molecule has 4 heteroatoms. The van der Waals surface area contributed by atoms with Gasteiger partial charge in [0.1, 0.15) is 0 Å². The fraction of sp³-hybridized carbons (Fsp3) is 0.462. The molecule has 0 amide bonds. The van der Waals surface area contributed by atoms with Crippen molar-refractivity contribution in [3.63, 3.8) is 0 Å². The Kier molecular flexibility index (Phi) is 3.07. The molecule has 0 saturated carbocycles. The minimum atomic E-state index is 0.0949. The van der Waals surface area contributed by atoms with Gasteiger partial charge in [0.2, 0.25) is 0 Å². The fourth-order valence-corrected chi connectivity index (χ4v) is 1.92. The lowest BCUT2D eigenvalue weighted by atomic mass is 10.1. The summed E-state index contributed by atoms with van der Waals surface area (Å²) in [5, 5.41) is 3.31. The number of hydrogen-bond donors (Lipinski definition) is 2. The largest absolute Gasteiger partial charge is 0.373 e. The Morgan fingerprint density at radius 2 is 2.18 bits per heavy atom. The van der Waals surface area contributed by atoms with E-state index in [0.717, 1.165) is 17.6 Å². The zero-order chi connectivity index (χ0) is 12.5. The lowest BCUT2D eigenvalue weighted by molar-refractivity contribution is 0.428. The van der Waals surface area contributed by atoms with Crippen LogP contribution in [0.4, 0.5) is 5.69 Å². The maximum atomic E-state index is 4.22. The Hall–Kier alpha value is -1.55. The van der Waals surface area contributed by atoms with Gasteiger partial charge in [-0.15, -0.1) is 0 Å². The third kappa shape index (κ3) is 2.58. The topological polar surface area (TPSA) is 44.0 Å². The summed E-state index contributed by atoms with van der Waals surface area (Å²) in [7, 11) is 4.10. The van der Waals surface area contributed by atoms with Crippen LogP contribution in [0.3, 0.4) is 0 Å². The zero-order valence-corrected chi connectivity index (χ0v) is 10.9. The van der Waals surface area contributed by atoms with Crippen LogP contribution >= 0.6 is 0 Å². The summed E-state index contributed by atoms with van der Waals surface area (Å²) in [6, 6.07) is 6.28. The standard InChI is InChI=1S/C13H20N4/c1-13(2,14-3)8-17(4)10-5-6-11-12(7-10)16-9-15-11/h5-7,9,14H,8H2,1-4H3,(H,15,16). The summed E-state index contributed by atoms with van der Waals surface area (Å²) >= 11 is 0. The van der Waals surface area contributed by atoms with E-state index in [9.17, 15) is 0 Å². The smallest absolute Gasteiger partial charge is 0.0931 e. The van der Waals surface area contributed by atoms with E-state index in [4.69, 9.17) is 0 Å². The van der Waals surface area contributed by atoms with Crippen molar-refractivity contribution in [1.82, 2.24) is 15.3 Å². The van der Waals surface area contributed by atoms with E-state index in [-0.39, 0.29) is 5.54 Å². The lowest BCUT2D eigenvalue weighted by Gasteiger charge is -2.31. The molecule has 0 saturated heterocycles. The fourth-order valence-electron chi connectivity index (χ4n) is 1.92. The van der Waals surface area contributed by atoms with Crippen molar-refractivity contribution in [3.05, 3.63) is 24.5 Å². The number of nitrogens with zero attached hydrogens (tertiary/aromatic N) is 2. The second-order valence-electron chi connectivity index (χ2n) is 5.09. The maximum Gasteiger partial charge on any atom is 0.0931 e. The molecule has 0 unspecified atom stereocenters. The number of fused-ring (bicyclic) bond motifs is 1. The number of hydrogen-bond acceptors (Lipinski definition) is 3. The molecule has 2 aromatic rings. The van der Waals surface area contributed by atoms with Crippen molar-refractivity contribution in [2.24, 2.45) is 0 Å². The van der Waals surface area contributed by atoms with Crippen LogP contribution in [0, 0.1) is 0 Å². The van der Waals surface area contributed by atoms with Crippen LogP contribution in [0.5, 0.6) is 0 Å². The van der Waals surface area contributed by atoms with Gasteiger partial charge in [0, 0.05) is 24.8 Å². The van der Waals surface area contributed by atoms with Gasteiger partial charge in [-0.3, -0.25) is 0 Å². The van der Waals surface area contributed by atoms with Crippen molar-refractivity contribution >= 4 is 16.7 Å². The molecule has 92 valence electrons. The van der Waals surface area contributed by atoms with Gasteiger partial charge in [-0.05, 0) is 39.1 Å². The maximum absolute atomic E-state index is 4.22. The van der Waals surface area contributed by atoms with Gasteiger partial charge in [0.05, 0.1) is 17.4 Å². The molecule has 0 aliphatic carbocycles. The van der Waals surface area contributed by atoms with Gasteiger partial charge in [0.25, 0.3) is 0 Å². The third-order valence-corrected chi connectivity index (χ3v) is 3.15. The highest BCUT2D eigenvalue weighted by atomic mass is 15.1. The van der Waals surface area contributed by atoms with Crippen LogP contribution in [0.1, 0.15) is 13.8 Å². The number of rotatable bonds is 4. The van der Waals surface area contributed by atoms with E-state index in [1.807, 2.05) is 13.1 Å². The monoisotopic (exact) mass is 232 g/mol. The van der Waals surface area contributed by atoms with Crippen molar-refractivity contribution in [2.75, 3.05) is 25.5 Å². The van der Waals surface area contributed by atoms with E-state index < -0.39 is 0 Å². The summed E-state index contributed by atoms with van der Waals surface area (Å²) in [5.41, 5.74) is 3.38. The lowest BCUT2D eigenvalue weighted by Crippen LogP contribution is -2.46. The van der Waals surface area contributed by atoms with Crippen molar-refractivity contribution < 1.29 is 0 Å². The minimum Gasteiger partial charge on any atom is -0.373 e. The SMILES string of the molecule is CNC(C)(C)CN(C)c1ccc2nc[nH]c2c1. The quantitative estimate of drug-likeness (QED) is 0.847. The summed E-state index contributed by atoms with van der Waals surface area (Å²) < 4.78 is 0. The molecule has 2 N–H and O–H groups in total. The highest BCUT2D eigenvalue weighted by molar-refractivity contribution is 5.78. The van der Waals surface area contributed by atoms with E-state index in [2.05, 4.69) is 53.2 Å².